The van der Waals surface area contributed by atoms with Gasteiger partial charge in [0.2, 0.25) is 5.91 Å². The number of rotatable bonds is 5. The van der Waals surface area contributed by atoms with E-state index in [0.717, 1.165) is 0 Å². The average Bonchev–Trinajstić information content (AvgIpc) is 3.29. The zero-order valence-corrected chi connectivity index (χ0v) is 11.0. The second-order valence-electron chi connectivity index (χ2n) is 4.34. The van der Waals surface area contributed by atoms with Crippen LogP contribution in [0.25, 0.3) is 0 Å². The quantitative estimate of drug-likeness (QED) is 0.904. The molecule has 0 radical (unpaired) electrons. The van der Waals surface area contributed by atoms with Crippen LogP contribution in [0.3, 0.4) is 0 Å². The summed E-state index contributed by atoms with van der Waals surface area (Å²) in [7, 11) is 0. The van der Waals surface area contributed by atoms with E-state index >= 15 is 0 Å². The molecule has 106 valence electrons. The Bertz CT molecular complexity index is 711. The van der Waals surface area contributed by atoms with Crippen molar-refractivity contribution in [2.24, 2.45) is 11.7 Å². The molecular weight excluding hydrogens is 260 g/mol. The third kappa shape index (κ3) is 2.63. The molecule has 1 aromatic rings. The number of carbonyl (C=O) groups is 1. The van der Waals surface area contributed by atoms with Gasteiger partial charge in [-0.3, -0.25) is 4.79 Å². The third-order valence-corrected chi connectivity index (χ3v) is 3.49. The molecule has 0 bridgehead atoms. The van der Waals surface area contributed by atoms with Gasteiger partial charge < -0.3 is 10.6 Å². The van der Waals surface area contributed by atoms with Gasteiger partial charge in [-0.15, -0.1) is 12.4 Å². The highest BCUT2D eigenvalue weighted by Crippen LogP contribution is 2.54. The Balaban J connectivity index is 0.00000420. The zero-order chi connectivity index (χ0) is 21.8. The summed E-state index contributed by atoms with van der Waals surface area (Å²) in [5, 5.41) is 0. The molecule has 1 aromatic carbocycles. The van der Waals surface area contributed by atoms with Crippen molar-refractivity contribution in [1.29, 1.82) is 0 Å². The smallest absolute Gasteiger partial charge is 0.233 e. The average molecular weight is 293 g/mol. The molecule has 3 nitrogen and oxygen atoms in total. The molecule has 0 saturated heterocycles. The summed E-state index contributed by atoms with van der Waals surface area (Å²) in [6, 6.07) is 8.07. The topological polar surface area (TPSA) is 46.3 Å². The molecule has 0 spiro atoms. The van der Waals surface area contributed by atoms with E-state index in [4.69, 9.17) is 19.4 Å². The van der Waals surface area contributed by atoms with Gasteiger partial charge in [0.05, 0.1) is 5.41 Å². The lowest BCUT2D eigenvalue weighted by atomic mass is 9.91. The van der Waals surface area contributed by atoms with Gasteiger partial charge in [0.15, 0.2) is 0 Å². The summed E-state index contributed by atoms with van der Waals surface area (Å²) in [4.78, 5) is 13.2. The first kappa shape index (κ1) is 6.59. The molecule has 2 rings (SSSR count). The van der Waals surface area contributed by atoms with Crippen LogP contribution in [0.2, 0.25) is 0 Å². The number of carbonyl (C=O) groups excluding carboxylic acids is 1. The fourth-order valence-corrected chi connectivity index (χ4v) is 2.42. The van der Waals surface area contributed by atoms with E-state index in [-0.39, 0.29) is 30.3 Å². The Morgan fingerprint density at radius 2 is 2.11 bits per heavy atom. The first-order valence-electron chi connectivity index (χ1n) is 10.7. The minimum absolute atomic E-state index is 0. The number of hydrogen-bond donors (Lipinski definition) is 1. The Morgan fingerprint density at radius 3 is 2.58 bits per heavy atom. The summed E-state index contributed by atoms with van der Waals surface area (Å²) < 4.78 is 76.7. The molecule has 1 amide bonds. The summed E-state index contributed by atoms with van der Waals surface area (Å²) in [6.07, 6.45) is 0.136. The minimum atomic E-state index is -3.56. The molecule has 2 atom stereocenters. The van der Waals surface area contributed by atoms with E-state index in [0.29, 0.717) is 5.56 Å². The molecule has 1 fully saturated rings. The second-order valence-corrected chi connectivity index (χ2v) is 4.34. The maximum Gasteiger partial charge on any atom is 0.233 e. The molecular formula is C15H23ClN2O. The van der Waals surface area contributed by atoms with Crippen LogP contribution in [-0.4, -0.2) is 30.3 Å². The van der Waals surface area contributed by atoms with Gasteiger partial charge in [0.1, 0.15) is 0 Å². The number of benzene rings is 1. The lowest BCUT2D eigenvalue weighted by molar-refractivity contribution is -0.134. The Morgan fingerprint density at radius 1 is 1.47 bits per heavy atom. The van der Waals surface area contributed by atoms with Crippen LogP contribution in [0.15, 0.2) is 30.3 Å². The van der Waals surface area contributed by atoms with Gasteiger partial charge in [0.25, 0.3) is 0 Å². The second kappa shape index (κ2) is 6.40. The van der Waals surface area contributed by atoms with Crippen molar-refractivity contribution in [1.82, 2.24) is 4.90 Å². The molecule has 2 N–H and O–H groups in total. The Kier molecular flexibility index (Phi) is 2.22. The number of amides is 1. The molecule has 0 unspecified atom stereocenters. The van der Waals surface area contributed by atoms with Crippen molar-refractivity contribution in [2.45, 2.75) is 25.5 Å². The maximum atomic E-state index is 13.5. The van der Waals surface area contributed by atoms with Crippen molar-refractivity contribution in [2.75, 3.05) is 19.5 Å². The number of nitrogens with zero attached hydrogens (tertiary/aromatic N) is 1. The van der Waals surface area contributed by atoms with E-state index in [1.54, 1.807) is 30.3 Å². The van der Waals surface area contributed by atoms with Gasteiger partial charge in [-0.05, 0) is 38.2 Å². The van der Waals surface area contributed by atoms with Gasteiger partial charge in [-0.25, -0.2) is 0 Å². The van der Waals surface area contributed by atoms with E-state index in [9.17, 15) is 4.79 Å². The van der Waals surface area contributed by atoms with Crippen LogP contribution < -0.4 is 5.73 Å². The minimum Gasteiger partial charge on any atom is -0.342 e. The van der Waals surface area contributed by atoms with Crippen LogP contribution >= 0.6 is 12.4 Å². The summed E-state index contributed by atoms with van der Waals surface area (Å²) in [6.45, 7) is -14.1. The van der Waals surface area contributed by atoms with Gasteiger partial charge in [-0.2, -0.15) is 0 Å². The van der Waals surface area contributed by atoms with E-state index in [1.165, 1.54) is 0 Å². The number of hydrogen-bond acceptors (Lipinski definition) is 2. The molecule has 4 heteroatoms. The van der Waals surface area contributed by atoms with Crippen LogP contribution in [0.1, 0.15) is 39.4 Å². The van der Waals surface area contributed by atoms with Crippen LogP contribution in [0.4, 0.5) is 0 Å². The molecule has 0 heterocycles. The largest absolute Gasteiger partial charge is 0.342 e. The fraction of sp³-hybridized carbons (Fsp3) is 0.533. The normalized spacial score (nSPS) is 35.1. The van der Waals surface area contributed by atoms with Gasteiger partial charge in [-0.1, -0.05) is 30.3 Å². The van der Waals surface area contributed by atoms with E-state index in [2.05, 4.69) is 0 Å². The first-order chi connectivity index (χ1) is 12.5. The van der Waals surface area contributed by atoms with Crippen molar-refractivity contribution < 1.29 is 18.5 Å². The highest BCUT2D eigenvalue weighted by atomic mass is 35.5. The van der Waals surface area contributed by atoms with Crippen molar-refractivity contribution >= 4 is 18.3 Å². The van der Waals surface area contributed by atoms with Crippen molar-refractivity contribution in [3.05, 3.63) is 35.9 Å². The van der Waals surface area contributed by atoms with Crippen LogP contribution in [-0.2, 0) is 10.2 Å². The summed E-state index contributed by atoms with van der Waals surface area (Å²) in [5.74, 6) is -1.74. The van der Waals surface area contributed by atoms with E-state index < -0.39 is 43.9 Å². The molecule has 1 aliphatic carbocycles. The maximum absolute atomic E-state index is 13.5. The first-order valence-corrected chi connectivity index (χ1v) is 5.65. The van der Waals surface area contributed by atoms with Crippen molar-refractivity contribution in [3.63, 3.8) is 0 Å². The van der Waals surface area contributed by atoms with Crippen molar-refractivity contribution in [3.8, 4) is 0 Å². The van der Waals surface area contributed by atoms with Gasteiger partial charge in [0, 0.05) is 26.7 Å². The lowest BCUT2D eigenvalue weighted by Gasteiger charge is -2.26. The SMILES string of the molecule is Cl.[2H]C([2H])([2H])C([2H])([2H])N(C(=O)[C@@]1(c2ccccc2)C[C@H]1CN)C([2H])([2H])C([2H])([2H])[2H]. The van der Waals surface area contributed by atoms with E-state index in [1.807, 2.05) is 0 Å². The Hall–Kier alpha value is -1.06. The molecule has 0 aliphatic heterocycles. The highest BCUT2D eigenvalue weighted by molar-refractivity contribution is 5.92. The molecule has 19 heavy (non-hydrogen) atoms. The fourth-order valence-electron chi connectivity index (χ4n) is 2.42. The molecule has 1 aliphatic rings. The number of halogens is 1. The standard InChI is InChI=1S/C15H22N2O.ClH/c1-3-17(4-2)14(18)15(10-13(15)11-16)12-8-6-5-7-9-12;/h5-9,13H,3-4,10-11,16H2,1-2H3;1H/t13-,15+;/m0./s1/i1D3,2D3,3D2,4D2;. The monoisotopic (exact) mass is 292 g/mol. The predicted octanol–water partition coefficient (Wildman–Crippen LogP) is 2.19. The Labute approximate surface area is 135 Å². The summed E-state index contributed by atoms with van der Waals surface area (Å²) >= 11 is 0. The molecule has 1 saturated carbocycles. The number of nitrogens with two attached hydrogens (primary N) is 1. The van der Waals surface area contributed by atoms with Crippen LogP contribution in [0, 0.1) is 5.92 Å². The van der Waals surface area contributed by atoms with Gasteiger partial charge >= 0.3 is 0 Å². The zero-order valence-electron chi connectivity index (χ0n) is 20.2. The highest BCUT2D eigenvalue weighted by Gasteiger charge is 2.61. The third-order valence-electron chi connectivity index (χ3n) is 3.49. The van der Waals surface area contributed by atoms with Crippen LogP contribution in [0.5, 0.6) is 0 Å². The summed E-state index contributed by atoms with van der Waals surface area (Å²) in [5.41, 5.74) is 4.62. The number of likely N-dealkylation sites (N-methyl/N-ethyl adjacent to an activating group) is 1. The predicted molar refractivity (Wildman–Crippen MR) is 80.5 cm³/mol. The lowest BCUT2D eigenvalue weighted by Crippen LogP contribution is -2.40. The molecule has 0 aromatic heterocycles.